The lowest BCUT2D eigenvalue weighted by atomic mass is 10.1. The lowest BCUT2D eigenvalue weighted by Gasteiger charge is -1.96. The van der Waals surface area contributed by atoms with Gasteiger partial charge in [0.2, 0.25) is 0 Å². The number of hydrogen-bond acceptors (Lipinski definition) is 4. The number of hydrogen-bond donors (Lipinski definition) is 1. The van der Waals surface area contributed by atoms with Crippen LogP contribution in [0.4, 0.5) is 0 Å². The van der Waals surface area contributed by atoms with Gasteiger partial charge in [-0.1, -0.05) is 5.16 Å². The van der Waals surface area contributed by atoms with Crippen LogP contribution < -0.4 is 5.63 Å². The molecule has 1 aromatic carbocycles. The standard InChI is InChI=1S/C10H7NO3/c12-10-4-2-8-5-7(6-11-13)1-3-9(8)14-10/h1-6,13H/b11-6-. The molecule has 0 fully saturated rings. The van der Waals surface area contributed by atoms with Crippen LogP contribution in [0, 0.1) is 0 Å². The third-order valence-electron chi connectivity index (χ3n) is 1.85. The first-order chi connectivity index (χ1) is 6.79. The third-order valence-corrected chi connectivity index (χ3v) is 1.85. The summed E-state index contributed by atoms with van der Waals surface area (Å²) in [5, 5.41) is 12.0. The summed E-state index contributed by atoms with van der Waals surface area (Å²) >= 11 is 0. The lowest BCUT2D eigenvalue weighted by Crippen LogP contribution is -1.94. The molecule has 4 heteroatoms. The van der Waals surface area contributed by atoms with Crippen LogP contribution in [0.5, 0.6) is 0 Å². The number of rotatable bonds is 1. The first-order valence-electron chi connectivity index (χ1n) is 4.01. The highest BCUT2D eigenvalue weighted by Crippen LogP contribution is 2.12. The average Bonchev–Trinajstić information content (AvgIpc) is 2.19. The molecule has 0 aliphatic heterocycles. The van der Waals surface area contributed by atoms with Crippen molar-refractivity contribution < 1.29 is 9.62 Å². The molecule has 0 amide bonds. The van der Waals surface area contributed by atoms with Crippen molar-refractivity contribution in [1.29, 1.82) is 0 Å². The van der Waals surface area contributed by atoms with Gasteiger partial charge in [0.1, 0.15) is 5.58 Å². The van der Waals surface area contributed by atoms with E-state index in [0.717, 1.165) is 10.9 Å². The average molecular weight is 189 g/mol. The Morgan fingerprint density at radius 1 is 1.29 bits per heavy atom. The SMILES string of the molecule is O=c1ccc2cc(/C=N\O)ccc2o1. The molecule has 0 radical (unpaired) electrons. The molecule has 0 bridgehead atoms. The Hall–Kier alpha value is -2.10. The Bertz CT molecular complexity index is 542. The molecular formula is C10H7NO3. The van der Waals surface area contributed by atoms with Gasteiger partial charge >= 0.3 is 5.63 Å². The maximum Gasteiger partial charge on any atom is 0.336 e. The molecule has 0 saturated carbocycles. The van der Waals surface area contributed by atoms with Crippen LogP contribution in [0.1, 0.15) is 5.56 Å². The molecule has 0 saturated heterocycles. The minimum atomic E-state index is -0.374. The van der Waals surface area contributed by atoms with Gasteiger partial charge in [-0.15, -0.1) is 0 Å². The zero-order chi connectivity index (χ0) is 9.97. The zero-order valence-electron chi connectivity index (χ0n) is 7.18. The summed E-state index contributed by atoms with van der Waals surface area (Å²) < 4.78 is 4.93. The number of nitrogens with zero attached hydrogens (tertiary/aromatic N) is 1. The van der Waals surface area contributed by atoms with E-state index in [1.165, 1.54) is 12.3 Å². The highest BCUT2D eigenvalue weighted by Gasteiger charge is 1.97. The summed E-state index contributed by atoms with van der Waals surface area (Å²) in [6.45, 7) is 0. The summed E-state index contributed by atoms with van der Waals surface area (Å²) in [5.74, 6) is 0. The summed E-state index contributed by atoms with van der Waals surface area (Å²) in [5.41, 5.74) is 0.891. The minimum Gasteiger partial charge on any atom is -0.423 e. The van der Waals surface area contributed by atoms with E-state index in [9.17, 15) is 4.79 Å². The molecule has 1 aromatic heterocycles. The van der Waals surface area contributed by atoms with Crippen molar-refractivity contribution in [2.45, 2.75) is 0 Å². The normalized spacial score (nSPS) is 11.1. The van der Waals surface area contributed by atoms with Crippen LogP contribution in [0.25, 0.3) is 11.0 Å². The van der Waals surface area contributed by atoms with Crippen molar-refractivity contribution in [3.05, 3.63) is 46.3 Å². The van der Waals surface area contributed by atoms with Gasteiger partial charge in [0, 0.05) is 11.5 Å². The molecule has 2 rings (SSSR count). The second kappa shape index (κ2) is 3.33. The molecule has 1 N–H and O–H groups in total. The topological polar surface area (TPSA) is 62.8 Å². The van der Waals surface area contributed by atoms with Crippen LogP contribution in [-0.2, 0) is 0 Å². The van der Waals surface area contributed by atoms with E-state index in [2.05, 4.69) is 5.16 Å². The second-order valence-corrected chi connectivity index (χ2v) is 2.80. The summed E-state index contributed by atoms with van der Waals surface area (Å²) in [6.07, 6.45) is 1.31. The van der Waals surface area contributed by atoms with Crippen molar-refractivity contribution in [3.8, 4) is 0 Å². The van der Waals surface area contributed by atoms with Gasteiger partial charge in [-0.3, -0.25) is 0 Å². The summed E-state index contributed by atoms with van der Waals surface area (Å²) in [7, 11) is 0. The van der Waals surface area contributed by atoms with Crippen LogP contribution in [-0.4, -0.2) is 11.4 Å². The molecular weight excluding hydrogens is 182 g/mol. The van der Waals surface area contributed by atoms with E-state index >= 15 is 0 Å². The Kier molecular flexibility index (Phi) is 2.02. The van der Waals surface area contributed by atoms with Gasteiger partial charge < -0.3 is 9.62 Å². The van der Waals surface area contributed by atoms with E-state index in [-0.39, 0.29) is 5.63 Å². The largest absolute Gasteiger partial charge is 0.423 e. The van der Waals surface area contributed by atoms with Gasteiger partial charge in [-0.2, -0.15) is 0 Å². The zero-order valence-corrected chi connectivity index (χ0v) is 7.18. The smallest absolute Gasteiger partial charge is 0.336 e. The van der Waals surface area contributed by atoms with E-state index in [1.54, 1.807) is 24.3 Å². The quantitative estimate of drug-likeness (QED) is 0.321. The monoisotopic (exact) mass is 189 g/mol. The molecule has 2 aromatic rings. The molecule has 0 spiro atoms. The summed E-state index contributed by atoms with van der Waals surface area (Å²) in [4.78, 5) is 10.9. The fourth-order valence-electron chi connectivity index (χ4n) is 1.24. The fourth-order valence-corrected chi connectivity index (χ4v) is 1.24. The van der Waals surface area contributed by atoms with E-state index in [1.807, 2.05) is 0 Å². The Morgan fingerprint density at radius 2 is 2.14 bits per heavy atom. The number of oxime groups is 1. The van der Waals surface area contributed by atoms with Crippen molar-refractivity contribution in [1.82, 2.24) is 0 Å². The van der Waals surface area contributed by atoms with Crippen LogP contribution in [0.3, 0.4) is 0 Å². The van der Waals surface area contributed by atoms with Crippen molar-refractivity contribution in [2.75, 3.05) is 0 Å². The van der Waals surface area contributed by atoms with E-state index in [4.69, 9.17) is 9.62 Å². The number of benzene rings is 1. The molecule has 0 unspecified atom stereocenters. The van der Waals surface area contributed by atoms with Gasteiger partial charge in [0.25, 0.3) is 0 Å². The maximum absolute atomic E-state index is 10.9. The van der Waals surface area contributed by atoms with Crippen molar-refractivity contribution >= 4 is 17.2 Å². The van der Waals surface area contributed by atoms with Gasteiger partial charge in [-0.25, -0.2) is 4.79 Å². The van der Waals surface area contributed by atoms with Crippen LogP contribution in [0.2, 0.25) is 0 Å². The molecule has 1 heterocycles. The lowest BCUT2D eigenvalue weighted by molar-refractivity contribution is 0.322. The Morgan fingerprint density at radius 3 is 2.93 bits per heavy atom. The first kappa shape index (κ1) is 8.50. The molecule has 0 aliphatic carbocycles. The molecule has 4 nitrogen and oxygen atoms in total. The Balaban J connectivity index is 2.67. The first-order valence-corrected chi connectivity index (χ1v) is 4.01. The molecule has 70 valence electrons. The van der Waals surface area contributed by atoms with Crippen LogP contribution >= 0.6 is 0 Å². The predicted molar refractivity (Wildman–Crippen MR) is 51.9 cm³/mol. The fraction of sp³-hybridized carbons (Fsp3) is 0. The molecule has 0 aliphatic rings. The maximum atomic E-state index is 10.9. The van der Waals surface area contributed by atoms with E-state index in [0.29, 0.717) is 5.58 Å². The van der Waals surface area contributed by atoms with Gasteiger partial charge in [0.15, 0.2) is 0 Å². The third kappa shape index (κ3) is 1.50. The van der Waals surface area contributed by atoms with Gasteiger partial charge in [-0.05, 0) is 29.8 Å². The highest BCUT2D eigenvalue weighted by atomic mass is 16.4. The highest BCUT2D eigenvalue weighted by molar-refractivity contribution is 5.87. The summed E-state index contributed by atoms with van der Waals surface area (Å²) in [6, 6.07) is 8.13. The van der Waals surface area contributed by atoms with Crippen LogP contribution in [0.15, 0.2) is 44.7 Å². The number of fused-ring (bicyclic) bond motifs is 1. The Labute approximate surface area is 79.1 Å². The molecule has 14 heavy (non-hydrogen) atoms. The second-order valence-electron chi connectivity index (χ2n) is 2.80. The van der Waals surface area contributed by atoms with Gasteiger partial charge in [0.05, 0.1) is 6.21 Å². The van der Waals surface area contributed by atoms with E-state index < -0.39 is 0 Å². The predicted octanol–water partition coefficient (Wildman–Crippen LogP) is 1.60. The van der Waals surface area contributed by atoms with Crippen molar-refractivity contribution in [2.24, 2.45) is 5.16 Å². The minimum absolute atomic E-state index is 0.374. The van der Waals surface area contributed by atoms with Crippen molar-refractivity contribution in [3.63, 3.8) is 0 Å². The molecule has 0 atom stereocenters.